The van der Waals surface area contributed by atoms with Crippen molar-refractivity contribution >= 4 is 23.8 Å². The van der Waals surface area contributed by atoms with Gasteiger partial charge in [-0.3, -0.25) is 14.4 Å². The van der Waals surface area contributed by atoms with Crippen LogP contribution >= 0.6 is 0 Å². The van der Waals surface area contributed by atoms with Crippen molar-refractivity contribution in [3.8, 4) is 0 Å². The Morgan fingerprint density at radius 3 is 2.29 bits per heavy atom. The number of ether oxygens (including phenoxy) is 1. The van der Waals surface area contributed by atoms with Gasteiger partial charge in [0.1, 0.15) is 5.60 Å². The average Bonchev–Trinajstić information content (AvgIpc) is 2.70. The molecule has 4 amide bonds. The largest absolute Gasteiger partial charge is 0.444 e. The van der Waals surface area contributed by atoms with E-state index >= 15 is 0 Å². The maximum Gasteiger partial charge on any atom is 0.407 e. The highest BCUT2D eigenvalue weighted by atomic mass is 16.6. The molecule has 9 nitrogen and oxygen atoms in total. The minimum absolute atomic E-state index is 0.00330. The Hall–Kier alpha value is -2.32. The van der Waals surface area contributed by atoms with E-state index in [9.17, 15) is 19.2 Å². The fraction of sp³-hybridized carbons (Fsp3) is 0.818. The fourth-order valence-electron chi connectivity index (χ4n) is 3.51. The van der Waals surface area contributed by atoms with E-state index in [-0.39, 0.29) is 30.2 Å². The van der Waals surface area contributed by atoms with Gasteiger partial charge in [-0.2, -0.15) is 0 Å². The van der Waals surface area contributed by atoms with Crippen molar-refractivity contribution < 1.29 is 23.9 Å². The molecule has 0 bridgehead atoms. The second kappa shape index (κ2) is 13.2. The molecule has 0 aromatic rings. The number of carbonyl (C=O) groups excluding carboxylic acids is 4. The van der Waals surface area contributed by atoms with Gasteiger partial charge in [-0.05, 0) is 53.9 Å². The van der Waals surface area contributed by atoms with Crippen LogP contribution in [0.5, 0.6) is 0 Å². The molecular weight excluding hydrogens is 400 g/mol. The number of nitrogens with zero attached hydrogens (tertiary/aromatic N) is 2. The molecule has 0 aliphatic carbocycles. The molecule has 9 heteroatoms. The van der Waals surface area contributed by atoms with Crippen molar-refractivity contribution in [1.82, 2.24) is 20.4 Å². The zero-order chi connectivity index (χ0) is 23.4. The summed E-state index contributed by atoms with van der Waals surface area (Å²) in [7, 11) is 0. The topological polar surface area (TPSA) is 108 Å². The standard InChI is InChI=1S/C22H40N4O5/c1-6-25(7-2)18(27)11-8-12-19(28)26-15-9-10-17(16-26)20(29)23-13-14-24-21(30)31-22(3,4)5/h17H,6-16H2,1-5H3,(H,23,29)(H,24,30). The molecule has 2 N–H and O–H groups in total. The van der Waals surface area contributed by atoms with E-state index < -0.39 is 11.7 Å². The van der Waals surface area contributed by atoms with E-state index in [0.29, 0.717) is 52.0 Å². The summed E-state index contributed by atoms with van der Waals surface area (Å²) in [6.07, 6.45) is 2.21. The van der Waals surface area contributed by atoms with Crippen LogP contribution in [0.4, 0.5) is 4.79 Å². The van der Waals surface area contributed by atoms with Crippen LogP contribution in [0.2, 0.25) is 0 Å². The van der Waals surface area contributed by atoms with E-state index in [0.717, 1.165) is 12.8 Å². The average molecular weight is 441 g/mol. The molecule has 0 saturated carbocycles. The summed E-state index contributed by atoms with van der Waals surface area (Å²) in [6, 6.07) is 0. The van der Waals surface area contributed by atoms with Gasteiger partial charge in [0.15, 0.2) is 0 Å². The Morgan fingerprint density at radius 2 is 1.68 bits per heavy atom. The number of likely N-dealkylation sites (tertiary alicyclic amines) is 1. The first-order chi connectivity index (χ1) is 14.6. The van der Waals surface area contributed by atoms with Crippen LogP contribution in [0.25, 0.3) is 0 Å². The second-order valence-electron chi connectivity index (χ2n) is 8.82. The number of amides is 4. The summed E-state index contributed by atoms with van der Waals surface area (Å²) >= 11 is 0. The number of nitrogens with one attached hydrogen (secondary N) is 2. The highest BCUT2D eigenvalue weighted by Crippen LogP contribution is 2.18. The van der Waals surface area contributed by atoms with Crippen LogP contribution in [-0.4, -0.2) is 78.5 Å². The van der Waals surface area contributed by atoms with Gasteiger partial charge >= 0.3 is 6.09 Å². The van der Waals surface area contributed by atoms with Gasteiger partial charge < -0.3 is 25.2 Å². The van der Waals surface area contributed by atoms with E-state index in [4.69, 9.17) is 4.74 Å². The summed E-state index contributed by atoms with van der Waals surface area (Å²) < 4.78 is 5.14. The van der Waals surface area contributed by atoms with Gasteiger partial charge in [-0.15, -0.1) is 0 Å². The molecule has 1 unspecified atom stereocenters. The third-order valence-electron chi connectivity index (χ3n) is 5.13. The quantitative estimate of drug-likeness (QED) is 0.505. The van der Waals surface area contributed by atoms with Crippen LogP contribution < -0.4 is 10.6 Å². The van der Waals surface area contributed by atoms with Crippen molar-refractivity contribution in [3.05, 3.63) is 0 Å². The molecule has 1 rings (SSSR count). The Labute approximate surface area is 186 Å². The molecule has 1 heterocycles. The summed E-state index contributed by atoms with van der Waals surface area (Å²) in [6.45, 7) is 12.2. The van der Waals surface area contributed by atoms with Crippen molar-refractivity contribution in [2.24, 2.45) is 5.92 Å². The Balaban J connectivity index is 2.32. The molecule has 1 fully saturated rings. The molecule has 178 valence electrons. The van der Waals surface area contributed by atoms with Gasteiger partial charge in [0.05, 0.1) is 5.92 Å². The minimum Gasteiger partial charge on any atom is -0.444 e. The van der Waals surface area contributed by atoms with Gasteiger partial charge in [0.2, 0.25) is 17.7 Å². The summed E-state index contributed by atoms with van der Waals surface area (Å²) in [4.78, 5) is 52.1. The highest BCUT2D eigenvalue weighted by molar-refractivity contribution is 5.82. The SMILES string of the molecule is CCN(CC)C(=O)CCCC(=O)N1CCCC(C(=O)NCCNC(=O)OC(C)(C)C)C1. The second-order valence-corrected chi connectivity index (χ2v) is 8.82. The molecule has 0 aromatic carbocycles. The molecule has 1 aliphatic heterocycles. The van der Waals surface area contributed by atoms with Crippen molar-refractivity contribution in [1.29, 1.82) is 0 Å². The number of piperidine rings is 1. The Kier molecular flexibility index (Phi) is 11.3. The summed E-state index contributed by atoms with van der Waals surface area (Å²) in [5.74, 6) is -0.290. The lowest BCUT2D eigenvalue weighted by Gasteiger charge is -2.32. The Bertz CT molecular complexity index is 614. The monoisotopic (exact) mass is 440 g/mol. The van der Waals surface area contributed by atoms with Crippen LogP contribution in [0, 0.1) is 5.92 Å². The predicted octanol–water partition coefficient (Wildman–Crippen LogP) is 1.90. The van der Waals surface area contributed by atoms with Crippen molar-refractivity contribution in [2.45, 2.75) is 72.3 Å². The van der Waals surface area contributed by atoms with E-state index in [1.54, 1.807) is 30.6 Å². The number of carbonyl (C=O) groups is 4. The maximum atomic E-state index is 12.5. The van der Waals surface area contributed by atoms with Crippen LogP contribution in [0.15, 0.2) is 0 Å². The molecule has 1 aliphatic rings. The number of alkyl carbamates (subject to hydrolysis) is 1. The van der Waals surface area contributed by atoms with Gasteiger partial charge in [-0.1, -0.05) is 0 Å². The van der Waals surface area contributed by atoms with Crippen LogP contribution in [-0.2, 0) is 19.1 Å². The Morgan fingerprint density at radius 1 is 1.03 bits per heavy atom. The third kappa shape index (κ3) is 10.5. The summed E-state index contributed by atoms with van der Waals surface area (Å²) in [5, 5.41) is 5.42. The molecule has 1 atom stereocenters. The third-order valence-corrected chi connectivity index (χ3v) is 5.13. The zero-order valence-corrected chi connectivity index (χ0v) is 19.8. The number of hydrogen-bond donors (Lipinski definition) is 2. The highest BCUT2D eigenvalue weighted by Gasteiger charge is 2.28. The van der Waals surface area contributed by atoms with E-state index in [2.05, 4.69) is 10.6 Å². The molecule has 0 spiro atoms. The van der Waals surface area contributed by atoms with E-state index in [1.807, 2.05) is 13.8 Å². The summed E-state index contributed by atoms with van der Waals surface area (Å²) in [5.41, 5.74) is -0.565. The molecule has 1 saturated heterocycles. The first-order valence-corrected chi connectivity index (χ1v) is 11.4. The number of hydrogen-bond acceptors (Lipinski definition) is 5. The lowest BCUT2D eigenvalue weighted by molar-refractivity contribution is -0.136. The predicted molar refractivity (Wildman–Crippen MR) is 118 cm³/mol. The lowest BCUT2D eigenvalue weighted by atomic mass is 9.96. The van der Waals surface area contributed by atoms with E-state index in [1.165, 1.54) is 0 Å². The molecule has 0 aromatic heterocycles. The van der Waals surface area contributed by atoms with Gasteiger partial charge in [-0.25, -0.2) is 4.79 Å². The smallest absolute Gasteiger partial charge is 0.407 e. The van der Waals surface area contributed by atoms with Crippen molar-refractivity contribution in [2.75, 3.05) is 39.3 Å². The fourth-order valence-corrected chi connectivity index (χ4v) is 3.51. The first kappa shape index (κ1) is 26.7. The molecular formula is C22H40N4O5. The normalized spacial score (nSPS) is 16.4. The molecule has 31 heavy (non-hydrogen) atoms. The first-order valence-electron chi connectivity index (χ1n) is 11.4. The zero-order valence-electron chi connectivity index (χ0n) is 19.8. The van der Waals surface area contributed by atoms with Crippen LogP contribution in [0.1, 0.15) is 66.7 Å². The maximum absolute atomic E-state index is 12.5. The van der Waals surface area contributed by atoms with Crippen LogP contribution in [0.3, 0.4) is 0 Å². The minimum atomic E-state index is -0.565. The van der Waals surface area contributed by atoms with Gasteiger partial charge in [0.25, 0.3) is 0 Å². The lowest BCUT2D eigenvalue weighted by Crippen LogP contribution is -2.46. The van der Waals surface area contributed by atoms with Crippen molar-refractivity contribution in [3.63, 3.8) is 0 Å². The molecule has 0 radical (unpaired) electrons. The van der Waals surface area contributed by atoms with Gasteiger partial charge in [0, 0.05) is 52.1 Å². The number of rotatable bonds is 10.